The zero-order valence-corrected chi connectivity index (χ0v) is 19.5. The summed E-state index contributed by atoms with van der Waals surface area (Å²) in [7, 11) is -2.54. The van der Waals surface area contributed by atoms with Gasteiger partial charge in [-0.2, -0.15) is 0 Å². The van der Waals surface area contributed by atoms with Crippen molar-refractivity contribution in [1.82, 2.24) is 19.5 Å². The number of aromatic nitrogens is 4. The molecule has 0 spiro atoms. The Morgan fingerprint density at radius 2 is 1.34 bits per heavy atom. The summed E-state index contributed by atoms with van der Waals surface area (Å²) in [6.07, 6.45) is 3.59. The van der Waals surface area contributed by atoms with Crippen molar-refractivity contribution in [3.63, 3.8) is 0 Å². The van der Waals surface area contributed by atoms with Crippen LogP contribution in [0, 0.1) is 0 Å². The molecule has 6 nitrogen and oxygen atoms in total. The van der Waals surface area contributed by atoms with Crippen molar-refractivity contribution in [1.29, 1.82) is 0 Å². The average Bonchev–Trinajstić information content (AvgIpc) is 3.55. The third-order valence-corrected chi connectivity index (χ3v) is 9.63. The highest BCUT2D eigenvalue weighted by atomic mass is 31.2. The van der Waals surface area contributed by atoms with Gasteiger partial charge in [-0.05, 0) is 6.08 Å². The summed E-state index contributed by atoms with van der Waals surface area (Å²) in [5.74, 6) is 0.458. The molecule has 172 valence electrons. The topological polar surface area (TPSA) is 65.2 Å². The molecule has 1 aliphatic heterocycles. The first-order chi connectivity index (χ1) is 17.3. The predicted octanol–water partition coefficient (Wildman–Crippen LogP) is 5.02. The number of hydrogen-bond acceptors (Lipinski definition) is 5. The molecule has 1 aliphatic rings. The van der Waals surface area contributed by atoms with E-state index in [-0.39, 0.29) is 0 Å². The van der Waals surface area contributed by atoms with Crippen LogP contribution in [0.4, 0.5) is 10.2 Å². The molecule has 2 atom stereocenters. The molecule has 0 N–H and O–H groups in total. The summed E-state index contributed by atoms with van der Waals surface area (Å²) in [5.41, 5.74) is 0.977. The van der Waals surface area contributed by atoms with E-state index in [0.29, 0.717) is 17.0 Å². The van der Waals surface area contributed by atoms with Gasteiger partial charge < -0.3 is 4.74 Å². The van der Waals surface area contributed by atoms with E-state index in [0.717, 1.165) is 15.9 Å². The Balaban J connectivity index is 1.67. The number of imidazole rings is 1. The zero-order chi connectivity index (χ0) is 23.7. The molecule has 2 unspecified atom stereocenters. The molecular formula is C27H21FN5OP. The molecule has 0 bridgehead atoms. The van der Waals surface area contributed by atoms with Crippen LogP contribution in [-0.2, 0) is 4.74 Å². The van der Waals surface area contributed by atoms with Crippen LogP contribution >= 0.6 is 7.05 Å². The average molecular weight is 481 g/mol. The highest BCUT2D eigenvalue weighted by molar-refractivity contribution is 7.87. The second-order valence-corrected chi connectivity index (χ2v) is 11.1. The number of hydrogen-bond donors (Lipinski definition) is 0. The van der Waals surface area contributed by atoms with Crippen molar-refractivity contribution in [2.75, 3.05) is 0 Å². The van der Waals surface area contributed by atoms with Gasteiger partial charge in [0.05, 0.1) is 13.3 Å². The van der Waals surface area contributed by atoms with Crippen molar-refractivity contribution < 1.29 is 9.13 Å². The first-order valence-electron chi connectivity index (χ1n) is 11.2. The van der Waals surface area contributed by atoms with Crippen LogP contribution in [-0.4, -0.2) is 25.7 Å². The smallest absolute Gasteiger partial charge is 0.212 e. The van der Waals surface area contributed by atoms with Crippen LogP contribution in [0.2, 0.25) is 0 Å². The second-order valence-electron chi connectivity index (χ2n) is 8.06. The molecule has 0 radical (unpaired) electrons. The largest absolute Gasteiger partial charge is 0.474 e. The van der Waals surface area contributed by atoms with Gasteiger partial charge in [0.25, 0.3) is 0 Å². The van der Waals surface area contributed by atoms with E-state index in [1.54, 1.807) is 4.57 Å². The van der Waals surface area contributed by atoms with Crippen molar-refractivity contribution in [3.05, 3.63) is 116 Å². The molecular weight excluding hydrogens is 460 g/mol. The van der Waals surface area contributed by atoms with Gasteiger partial charge >= 0.3 is 0 Å². The number of alkyl halides is 1. The zero-order valence-electron chi connectivity index (χ0n) is 18.6. The number of halogens is 1. The fourth-order valence-electron chi connectivity index (χ4n) is 4.38. The molecule has 5 aromatic rings. The summed E-state index contributed by atoms with van der Waals surface area (Å²) in [6, 6.07) is 30.8. The van der Waals surface area contributed by atoms with Gasteiger partial charge in [0.2, 0.25) is 6.23 Å². The Morgan fingerprint density at radius 3 is 1.86 bits per heavy atom. The lowest BCUT2D eigenvalue weighted by atomic mass is 10.3. The third kappa shape index (κ3) is 3.65. The summed E-state index contributed by atoms with van der Waals surface area (Å²) < 4.78 is 26.9. The first kappa shape index (κ1) is 21.4. The van der Waals surface area contributed by atoms with E-state index in [1.807, 2.05) is 54.6 Å². The minimum Gasteiger partial charge on any atom is -0.474 e. The molecule has 3 heterocycles. The quantitative estimate of drug-likeness (QED) is 0.331. The van der Waals surface area contributed by atoms with Crippen molar-refractivity contribution >= 4 is 39.9 Å². The number of fused-ring (bicyclic) bond motifs is 1. The molecule has 0 amide bonds. The van der Waals surface area contributed by atoms with Crippen LogP contribution < -0.4 is 15.9 Å². The lowest BCUT2D eigenvalue weighted by molar-refractivity contribution is 0.0541. The molecule has 0 saturated heterocycles. The van der Waals surface area contributed by atoms with Crippen LogP contribution in [0.25, 0.3) is 11.2 Å². The minimum absolute atomic E-state index is 0.458. The normalized spacial score (nSPS) is 17.4. The van der Waals surface area contributed by atoms with E-state index in [1.165, 1.54) is 25.0 Å². The van der Waals surface area contributed by atoms with Gasteiger partial charge in [-0.15, -0.1) is 0 Å². The maximum Gasteiger partial charge on any atom is 0.212 e. The maximum absolute atomic E-state index is 14.4. The molecule has 8 heteroatoms. The Hall–Kier alpha value is -4.09. The molecule has 0 fully saturated rings. The van der Waals surface area contributed by atoms with Gasteiger partial charge in [-0.1, -0.05) is 91.0 Å². The number of rotatable bonds is 5. The van der Waals surface area contributed by atoms with Crippen molar-refractivity contribution in [3.8, 4) is 0 Å². The lowest BCUT2D eigenvalue weighted by Gasteiger charge is -2.26. The van der Waals surface area contributed by atoms with Crippen molar-refractivity contribution in [2.24, 2.45) is 4.74 Å². The minimum atomic E-state index is -2.54. The van der Waals surface area contributed by atoms with Crippen LogP contribution in [0.3, 0.4) is 0 Å². The summed E-state index contributed by atoms with van der Waals surface area (Å²) >= 11 is 0. The van der Waals surface area contributed by atoms with E-state index in [9.17, 15) is 4.39 Å². The Kier molecular flexibility index (Phi) is 5.47. The number of nitrogens with zero attached hydrogens (tertiary/aromatic N) is 5. The molecule has 0 saturated carbocycles. The Bertz CT molecular complexity index is 1450. The van der Waals surface area contributed by atoms with E-state index < -0.39 is 19.5 Å². The second kappa shape index (κ2) is 8.93. The fourth-order valence-corrected chi connectivity index (χ4v) is 7.86. The Morgan fingerprint density at radius 1 is 0.771 bits per heavy atom. The van der Waals surface area contributed by atoms with Crippen LogP contribution in [0.15, 0.2) is 121 Å². The molecule has 3 aromatic carbocycles. The molecule has 6 rings (SSSR count). The van der Waals surface area contributed by atoms with Crippen LogP contribution in [0.1, 0.15) is 6.23 Å². The standard InChI is InChI=1S/C27H21FN5OP/c28-23-16-17-34-27(23)33-19-31-24-25(29-18-30-26(24)33)32-35(20-10-4-1-5-11-20,21-12-6-2-7-13-21)22-14-8-3-9-15-22/h1-19,23,27H. The molecule has 35 heavy (non-hydrogen) atoms. The summed E-state index contributed by atoms with van der Waals surface area (Å²) in [5, 5.41) is 3.28. The van der Waals surface area contributed by atoms with Gasteiger partial charge in [-0.25, -0.2) is 24.1 Å². The van der Waals surface area contributed by atoms with E-state index >= 15 is 0 Å². The number of ether oxygens (including phenoxy) is 1. The van der Waals surface area contributed by atoms with E-state index in [2.05, 4.69) is 51.4 Å². The molecule has 0 aliphatic carbocycles. The first-order valence-corrected chi connectivity index (χ1v) is 12.9. The number of benzene rings is 3. The predicted molar refractivity (Wildman–Crippen MR) is 137 cm³/mol. The monoisotopic (exact) mass is 481 g/mol. The Labute approximate surface area is 201 Å². The highest BCUT2D eigenvalue weighted by Gasteiger charge is 2.30. The summed E-state index contributed by atoms with van der Waals surface area (Å²) in [4.78, 5) is 13.5. The highest BCUT2D eigenvalue weighted by Crippen LogP contribution is 2.49. The van der Waals surface area contributed by atoms with Crippen LogP contribution in [0.5, 0.6) is 0 Å². The van der Waals surface area contributed by atoms with Gasteiger partial charge in [-0.3, -0.25) is 4.57 Å². The molecule has 2 aromatic heterocycles. The van der Waals surface area contributed by atoms with Gasteiger partial charge in [0, 0.05) is 15.9 Å². The fraction of sp³-hybridized carbons (Fsp3) is 0.0741. The SMILES string of the molecule is FC1C=COC1n1cnc2c(N=P(c3ccccc3)(c3ccccc3)c3ccccc3)ncnc21. The third-order valence-electron chi connectivity index (χ3n) is 6.00. The van der Waals surface area contributed by atoms with E-state index in [4.69, 9.17) is 9.48 Å². The van der Waals surface area contributed by atoms with Crippen molar-refractivity contribution in [2.45, 2.75) is 12.4 Å². The lowest BCUT2D eigenvalue weighted by Crippen LogP contribution is -2.25. The maximum atomic E-state index is 14.4. The van der Waals surface area contributed by atoms with Gasteiger partial charge in [0.15, 0.2) is 23.2 Å². The summed E-state index contributed by atoms with van der Waals surface area (Å²) in [6.45, 7) is 0. The van der Waals surface area contributed by atoms with Gasteiger partial charge in [0.1, 0.15) is 12.7 Å².